The molecule has 0 spiro atoms. The third-order valence-corrected chi connectivity index (χ3v) is 4.07. The zero-order valence-electron chi connectivity index (χ0n) is 17.2. The van der Waals surface area contributed by atoms with Gasteiger partial charge in [-0.2, -0.15) is 26.3 Å². The highest BCUT2D eigenvalue weighted by Crippen LogP contribution is 2.37. The van der Waals surface area contributed by atoms with Crippen LogP contribution in [0.15, 0.2) is 18.2 Å². The number of carbonyl (C=O) groups excluding carboxylic acids is 1. The van der Waals surface area contributed by atoms with E-state index >= 15 is 0 Å². The van der Waals surface area contributed by atoms with E-state index in [-0.39, 0.29) is 49.9 Å². The van der Waals surface area contributed by atoms with E-state index in [1.807, 2.05) is 0 Å². The Morgan fingerprint density at radius 1 is 0.903 bits per heavy atom. The van der Waals surface area contributed by atoms with Crippen LogP contribution < -0.4 is 10.6 Å². The standard InChI is InChI=1S/C19H24F6N2O3S/c1-17(2,3)15(28)11-30-7-6-29-5-4-26-16(31)27-14-9-12(18(20,21)22)8-13(10-14)19(23,24)25/h8-10H,4-7,11H2,1-3H3,(H2,26,27,31). The lowest BCUT2D eigenvalue weighted by atomic mass is 9.91. The molecule has 1 aromatic carbocycles. The van der Waals surface area contributed by atoms with Crippen LogP contribution in [-0.4, -0.2) is 43.9 Å². The minimum atomic E-state index is -4.94. The van der Waals surface area contributed by atoms with E-state index in [4.69, 9.17) is 21.7 Å². The second-order valence-corrected chi connectivity index (χ2v) is 7.92. The van der Waals surface area contributed by atoms with Gasteiger partial charge in [-0.1, -0.05) is 20.8 Å². The number of carbonyl (C=O) groups is 1. The summed E-state index contributed by atoms with van der Waals surface area (Å²) in [5, 5.41) is 4.76. The summed E-state index contributed by atoms with van der Waals surface area (Å²) >= 11 is 4.89. The average molecular weight is 474 g/mol. The van der Waals surface area contributed by atoms with Gasteiger partial charge in [0.15, 0.2) is 10.9 Å². The molecule has 0 aliphatic heterocycles. The van der Waals surface area contributed by atoms with Crippen molar-refractivity contribution >= 4 is 28.8 Å². The maximum atomic E-state index is 12.9. The Morgan fingerprint density at radius 2 is 1.42 bits per heavy atom. The summed E-state index contributed by atoms with van der Waals surface area (Å²) in [6.07, 6.45) is -9.89. The van der Waals surface area contributed by atoms with Gasteiger partial charge in [-0.25, -0.2) is 0 Å². The van der Waals surface area contributed by atoms with Gasteiger partial charge in [0.25, 0.3) is 0 Å². The highest BCUT2D eigenvalue weighted by Gasteiger charge is 2.37. The molecule has 12 heteroatoms. The van der Waals surface area contributed by atoms with Crippen molar-refractivity contribution in [3.63, 3.8) is 0 Å². The van der Waals surface area contributed by atoms with Gasteiger partial charge in [0, 0.05) is 17.6 Å². The number of Topliss-reactive ketones (excluding diaryl/α,β-unsaturated/α-hetero) is 1. The fourth-order valence-corrected chi connectivity index (χ4v) is 2.26. The molecule has 0 aliphatic carbocycles. The number of benzene rings is 1. The van der Waals surface area contributed by atoms with Crippen LogP contribution in [0.25, 0.3) is 0 Å². The molecular weight excluding hydrogens is 450 g/mol. The van der Waals surface area contributed by atoms with Crippen LogP contribution in [0.2, 0.25) is 0 Å². The van der Waals surface area contributed by atoms with Gasteiger partial charge >= 0.3 is 12.4 Å². The summed E-state index contributed by atoms with van der Waals surface area (Å²) in [6.45, 7) is 5.99. The fraction of sp³-hybridized carbons (Fsp3) is 0.579. The zero-order chi connectivity index (χ0) is 23.9. The van der Waals surface area contributed by atoms with Crippen molar-refractivity contribution in [2.45, 2.75) is 33.1 Å². The number of hydrogen-bond donors (Lipinski definition) is 2. The summed E-state index contributed by atoms with van der Waals surface area (Å²) in [5.74, 6) is -0.0473. The monoisotopic (exact) mass is 474 g/mol. The number of halogens is 6. The molecule has 0 saturated carbocycles. The van der Waals surface area contributed by atoms with E-state index in [0.717, 1.165) is 0 Å². The maximum absolute atomic E-state index is 12.9. The molecule has 1 rings (SSSR count). The van der Waals surface area contributed by atoms with Gasteiger partial charge in [-0.3, -0.25) is 4.79 Å². The van der Waals surface area contributed by atoms with E-state index in [9.17, 15) is 31.1 Å². The van der Waals surface area contributed by atoms with Crippen LogP contribution in [0.1, 0.15) is 31.9 Å². The number of hydrogen-bond acceptors (Lipinski definition) is 4. The predicted octanol–water partition coefficient (Wildman–Crippen LogP) is 4.66. The predicted molar refractivity (Wildman–Crippen MR) is 107 cm³/mol. The molecule has 1 aromatic rings. The Kier molecular flexibility index (Phi) is 9.70. The number of rotatable bonds is 9. The molecular formula is C19H24F6N2O3S. The highest BCUT2D eigenvalue weighted by atomic mass is 32.1. The Labute approximate surface area is 181 Å². The molecule has 2 N–H and O–H groups in total. The van der Waals surface area contributed by atoms with Crippen LogP contribution in [0, 0.1) is 5.41 Å². The van der Waals surface area contributed by atoms with Crippen LogP contribution in [0.4, 0.5) is 32.0 Å². The average Bonchev–Trinajstić information content (AvgIpc) is 2.61. The quantitative estimate of drug-likeness (QED) is 0.309. The first-order valence-electron chi connectivity index (χ1n) is 9.14. The Bertz CT molecular complexity index is 728. The smallest absolute Gasteiger partial charge is 0.377 e. The first-order valence-corrected chi connectivity index (χ1v) is 9.54. The lowest BCUT2D eigenvalue weighted by Crippen LogP contribution is -2.32. The minimum absolute atomic E-state index is 0.0317. The highest BCUT2D eigenvalue weighted by molar-refractivity contribution is 7.80. The van der Waals surface area contributed by atoms with Crippen molar-refractivity contribution < 1.29 is 40.6 Å². The summed E-state index contributed by atoms with van der Waals surface area (Å²) in [7, 11) is 0. The molecule has 0 bridgehead atoms. The van der Waals surface area contributed by atoms with Crippen LogP contribution in [-0.2, 0) is 26.6 Å². The van der Waals surface area contributed by atoms with E-state index < -0.39 is 34.6 Å². The maximum Gasteiger partial charge on any atom is 0.416 e. The second kappa shape index (κ2) is 11.1. The number of ether oxygens (including phenoxy) is 2. The summed E-state index contributed by atoms with van der Waals surface area (Å²) < 4.78 is 87.6. The van der Waals surface area contributed by atoms with Crippen molar-refractivity contribution in [1.29, 1.82) is 0 Å². The van der Waals surface area contributed by atoms with E-state index in [0.29, 0.717) is 12.1 Å². The Morgan fingerprint density at radius 3 is 1.90 bits per heavy atom. The Balaban J connectivity index is 2.42. The van der Waals surface area contributed by atoms with Gasteiger partial charge < -0.3 is 20.1 Å². The largest absolute Gasteiger partial charge is 0.416 e. The number of ketones is 1. The Hall–Kier alpha value is -1.92. The summed E-state index contributed by atoms with van der Waals surface area (Å²) in [6, 6.07) is 1.11. The number of anilines is 1. The van der Waals surface area contributed by atoms with Gasteiger partial charge in [0.05, 0.1) is 30.9 Å². The van der Waals surface area contributed by atoms with Crippen LogP contribution in [0.3, 0.4) is 0 Å². The number of nitrogens with one attached hydrogen (secondary N) is 2. The molecule has 5 nitrogen and oxygen atoms in total. The molecule has 0 radical (unpaired) electrons. The van der Waals surface area contributed by atoms with Crippen molar-refractivity contribution in [3.05, 3.63) is 29.3 Å². The van der Waals surface area contributed by atoms with Crippen molar-refractivity contribution in [2.24, 2.45) is 5.41 Å². The topological polar surface area (TPSA) is 59.6 Å². The van der Waals surface area contributed by atoms with Gasteiger partial charge in [0.1, 0.15) is 6.61 Å². The lowest BCUT2D eigenvalue weighted by Gasteiger charge is -2.16. The molecule has 0 fully saturated rings. The first-order chi connectivity index (χ1) is 14.1. The molecule has 0 aliphatic rings. The minimum Gasteiger partial charge on any atom is -0.377 e. The number of thiocarbonyl (C=S) groups is 1. The van der Waals surface area contributed by atoms with Gasteiger partial charge in [-0.05, 0) is 30.4 Å². The zero-order valence-corrected chi connectivity index (χ0v) is 18.0. The first kappa shape index (κ1) is 27.1. The summed E-state index contributed by atoms with van der Waals surface area (Å²) in [4.78, 5) is 11.7. The second-order valence-electron chi connectivity index (χ2n) is 7.51. The molecule has 31 heavy (non-hydrogen) atoms. The fourth-order valence-electron chi connectivity index (χ4n) is 2.04. The third-order valence-electron chi connectivity index (χ3n) is 3.82. The third kappa shape index (κ3) is 10.3. The molecule has 0 heterocycles. The molecule has 0 saturated heterocycles. The summed E-state index contributed by atoms with van der Waals surface area (Å²) in [5.41, 5.74) is -3.83. The van der Waals surface area contributed by atoms with Crippen molar-refractivity contribution in [1.82, 2.24) is 5.32 Å². The molecule has 0 amide bonds. The molecule has 0 unspecified atom stereocenters. The van der Waals surface area contributed by atoms with Gasteiger partial charge in [-0.15, -0.1) is 0 Å². The van der Waals surface area contributed by atoms with Crippen LogP contribution >= 0.6 is 12.2 Å². The molecule has 0 aromatic heterocycles. The van der Waals surface area contributed by atoms with E-state index in [1.165, 1.54) is 0 Å². The lowest BCUT2D eigenvalue weighted by molar-refractivity contribution is -0.143. The normalized spacial score (nSPS) is 12.5. The van der Waals surface area contributed by atoms with Gasteiger partial charge in [0.2, 0.25) is 0 Å². The SMILES string of the molecule is CC(C)(C)C(=O)COCCOCCNC(=S)Nc1cc(C(F)(F)F)cc(C(F)(F)F)c1. The van der Waals surface area contributed by atoms with E-state index in [2.05, 4.69) is 10.6 Å². The number of alkyl halides is 6. The van der Waals surface area contributed by atoms with Crippen molar-refractivity contribution in [2.75, 3.05) is 38.3 Å². The van der Waals surface area contributed by atoms with Crippen LogP contribution in [0.5, 0.6) is 0 Å². The van der Waals surface area contributed by atoms with E-state index in [1.54, 1.807) is 20.8 Å². The molecule has 0 atom stereocenters. The molecule has 176 valence electrons. The van der Waals surface area contributed by atoms with Crippen molar-refractivity contribution in [3.8, 4) is 0 Å².